The average molecular weight is 225 g/mol. The summed E-state index contributed by atoms with van der Waals surface area (Å²) in [5.74, 6) is 0. The van der Waals surface area contributed by atoms with Crippen molar-refractivity contribution in [2.75, 3.05) is 5.73 Å². The van der Waals surface area contributed by atoms with E-state index in [9.17, 15) is 4.79 Å². The molecule has 0 unspecified atom stereocenters. The molecule has 0 saturated carbocycles. The Labute approximate surface area is 97.0 Å². The SMILES string of the molecule is CCCn1c(CC)c(N)c(=O)n1C(C)(C)C. The molecule has 92 valence electrons. The van der Waals surface area contributed by atoms with Crippen LogP contribution in [-0.4, -0.2) is 9.36 Å². The van der Waals surface area contributed by atoms with Crippen molar-refractivity contribution in [3.63, 3.8) is 0 Å². The fraction of sp³-hybridized carbons (Fsp3) is 0.750. The summed E-state index contributed by atoms with van der Waals surface area (Å²) in [4.78, 5) is 12.1. The van der Waals surface area contributed by atoms with E-state index in [2.05, 4.69) is 6.92 Å². The standard InChI is InChI=1S/C12H23N3O/c1-6-8-14-9(7-2)10(13)11(16)15(14)12(3,4)5/h6-8,13H2,1-5H3. The molecule has 16 heavy (non-hydrogen) atoms. The predicted molar refractivity (Wildman–Crippen MR) is 67.8 cm³/mol. The minimum atomic E-state index is -0.228. The molecule has 4 nitrogen and oxygen atoms in total. The number of hydrogen-bond donors (Lipinski definition) is 1. The first-order chi connectivity index (χ1) is 7.34. The summed E-state index contributed by atoms with van der Waals surface area (Å²) in [7, 11) is 0. The number of aromatic nitrogens is 2. The van der Waals surface area contributed by atoms with Gasteiger partial charge in [0.05, 0.1) is 11.2 Å². The van der Waals surface area contributed by atoms with Crippen molar-refractivity contribution in [3.05, 3.63) is 16.0 Å². The van der Waals surface area contributed by atoms with Gasteiger partial charge in [0.15, 0.2) is 0 Å². The van der Waals surface area contributed by atoms with Crippen LogP contribution in [0, 0.1) is 0 Å². The average Bonchev–Trinajstić information content (AvgIpc) is 2.39. The monoisotopic (exact) mass is 225 g/mol. The highest BCUT2D eigenvalue weighted by atomic mass is 16.1. The molecule has 0 saturated heterocycles. The smallest absolute Gasteiger partial charge is 0.290 e. The molecule has 0 aliphatic rings. The Hall–Kier alpha value is -1.19. The van der Waals surface area contributed by atoms with Crippen LogP contribution < -0.4 is 11.3 Å². The fourth-order valence-electron chi connectivity index (χ4n) is 2.09. The topological polar surface area (TPSA) is 52.9 Å². The highest BCUT2D eigenvalue weighted by molar-refractivity contribution is 5.42. The van der Waals surface area contributed by atoms with Crippen LogP contribution in [0.5, 0.6) is 0 Å². The third kappa shape index (κ3) is 2.01. The van der Waals surface area contributed by atoms with Crippen LogP contribution in [0.4, 0.5) is 5.69 Å². The van der Waals surface area contributed by atoms with Gasteiger partial charge in [0.1, 0.15) is 5.69 Å². The zero-order valence-electron chi connectivity index (χ0n) is 11.0. The maximum Gasteiger partial charge on any atom is 0.290 e. The Morgan fingerprint density at radius 1 is 1.25 bits per heavy atom. The third-order valence-electron chi connectivity index (χ3n) is 2.69. The van der Waals surface area contributed by atoms with Gasteiger partial charge in [-0.25, -0.2) is 4.68 Å². The predicted octanol–water partition coefficient (Wildman–Crippen LogP) is 1.96. The third-order valence-corrected chi connectivity index (χ3v) is 2.69. The number of nitrogens with two attached hydrogens (primary N) is 1. The van der Waals surface area contributed by atoms with E-state index in [0.29, 0.717) is 5.69 Å². The van der Waals surface area contributed by atoms with Gasteiger partial charge in [0.2, 0.25) is 0 Å². The Bertz CT molecular complexity index is 421. The number of nitrogen functional groups attached to an aromatic ring is 1. The first-order valence-corrected chi connectivity index (χ1v) is 5.95. The van der Waals surface area contributed by atoms with Gasteiger partial charge in [-0.1, -0.05) is 13.8 Å². The van der Waals surface area contributed by atoms with Crippen molar-refractivity contribution in [1.29, 1.82) is 0 Å². The van der Waals surface area contributed by atoms with Gasteiger partial charge < -0.3 is 5.73 Å². The lowest BCUT2D eigenvalue weighted by atomic mass is 10.1. The van der Waals surface area contributed by atoms with Crippen molar-refractivity contribution in [2.24, 2.45) is 0 Å². The van der Waals surface area contributed by atoms with Gasteiger partial charge >= 0.3 is 0 Å². The summed E-state index contributed by atoms with van der Waals surface area (Å²) in [6, 6.07) is 0. The Balaban J connectivity index is 3.52. The first-order valence-electron chi connectivity index (χ1n) is 5.95. The van der Waals surface area contributed by atoms with Crippen LogP contribution in [-0.2, 0) is 18.5 Å². The van der Waals surface area contributed by atoms with Crippen molar-refractivity contribution >= 4 is 5.69 Å². The van der Waals surface area contributed by atoms with Crippen LogP contribution in [0.3, 0.4) is 0 Å². The zero-order chi connectivity index (χ0) is 12.5. The van der Waals surface area contributed by atoms with Crippen LogP contribution in [0.25, 0.3) is 0 Å². The number of rotatable bonds is 3. The van der Waals surface area contributed by atoms with E-state index in [4.69, 9.17) is 5.73 Å². The molecule has 2 N–H and O–H groups in total. The van der Waals surface area contributed by atoms with Crippen LogP contribution in [0.15, 0.2) is 4.79 Å². The summed E-state index contributed by atoms with van der Waals surface area (Å²) >= 11 is 0. The van der Waals surface area contributed by atoms with E-state index in [1.807, 2.05) is 32.4 Å². The lowest BCUT2D eigenvalue weighted by molar-refractivity contribution is 0.278. The van der Waals surface area contributed by atoms with Crippen molar-refractivity contribution < 1.29 is 0 Å². The molecular formula is C12H23N3O. The highest BCUT2D eigenvalue weighted by Crippen LogP contribution is 2.18. The normalized spacial score (nSPS) is 12.1. The molecule has 0 fully saturated rings. The van der Waals surface area contributed by atoms with Gasteiger partial charge in [-0.15, -0.1) is 0 Å². The molecule has 0 amide bonds. The molecule has 0 spiro atoms. The molecular weight excluding hydrogens is 202 g/mol. The van der Waals surface area contributed by atoms with Gasteiger partial charge in [-0.2, -0.15) is 0 Å². The van der Waals surface area contributed by atoms with Gasteiger partial charge in [-0.3, -0.25) is 9.48 Å². The van der Waals surface area contributed by atoms with Crippen molar-refractivity contribution in [3.8, 4) is 0 Å². The summed E-state index contributed by atoms with van der Waals surface area (Å²) in [6.07, 6.45) is 1.79. The molecule has 0 aliphatic heterocycles. The maximum atomic E-state index is 12.1. The first kappa shape index (κ1) is 12.9. The maximum absolute atomic E-state index is 12.1. The molecule has 1 rings (SSSR count). The van der Waals surface area contributed by atoms with Crippen LogP contribution in [0.1, 0.15) is 46.7 Å². The van der Waals surface area contributed by atoms with Gasteiger partial charge in [0, 0.05) is 6.54 Å². The van der Waals surface area contributed by atoms with E-state index in [0.717, 1.165) is 25.1 Å². The van der Waals surface area contributed by atoms with E-state index in [-0.39, 0.29) is 11.1 Å². The van der Waals surface area contributed by atoms with E-state index < -0.39 is 0 Å². The fourth-order valence-corrected chi connectivity index (χ4v) is 2.09. The van der Waals surface area contributed by atoms with Crippen LogP contribution in [0.2, 0.25) is 0 Å². The zero-order valence-corrected chi connectivity index (χ0v) is 11.0. The van der Waals surface area contributed by atoms with E-state index in [1.54, 1.807) is 4.68 Å². The van der Waals surface area contributed by atoms with Crippen LogP contribution >= 0.6 is 0 Å². The van der Waals surface area contributed by atoms with Gasteiger partial charge in [0.25, 0.3) is 5.56 Å². The number of hydrogen-bond acceptors (Lipinski definition) is 2. The number of anilines is 1. The summed E-state index contributed by atoms with van der Waals surface area (Å²) in [5.41, 5.74) is 6.97. The Kier molecular flexibility index (Phi) is 3.51. The van der Waals surface area contributed by atoms with E-state index >= 15 is 0 Å². The highest BCUT2D eigenvalue weighted by Gasteiger charge is 2.24. The second-order valence-electron chi connectivity index (χ2n) is 5.12. The minimum absolute atomic E-state index is 0.0576. The summed E-state index contributed by atoms with van der Waals surface area (Å²) < 4.78 is 3.82. The second kappa shape index (κ2) is 4.36. The number of nitrogens with zero attached hydrogens (tertiary/aromatic N) is 2. The summed E-state index contributed by atoms with van der Waals surface area (Å²) in [5, 5.41) is 0. The minimum Gasteiger partial charge on any atom is -0.393 e. The Morgan fingerprint density at radius 2 is 1.81 bits per heavy atom. The molecule has 0 radical (unpaired) electrons. The molecule has 0 aromatic carbocycles. The molecule has 4 heteroatoms. The van der Waals surface area contributed by atoms with Crippen molar-refractivity contribution in [2.45, 2.75) is 59.5 Å². The lowest BCUT2D eigenvalue weighted by Gasteiger charge is -2.25. The van der Waals surface area contributed by atoms with Gasteiger partial charge in [-0.05, 0) is 33.6 Å². The lowest BCUT2D eigenvalue weighted by Crippen LogP contribution is -2.37. The Morgan fingerprint density at radius 3 is 2.19 bits per heavy atom. The second-order valence-corrected chi connectivity index (χ2v) is 5.12. The van der Waals surface area contributed by atoms with E-state index in [1.165, 1.54) is 0 Å². The molecule has 1 aromatic rings. The molecule has 0 aliphatic carbocycles. The molecule has 1 heterocycles. The molecule has 1 aromatic heterocycles. The summed E-state index contributed by atoms with van der Waals surface area (Å²) in [6.45, 7) is 11.1. The molecule has 0 bridgehead atoms. The quantitative estimate of drug-likeness (QED) is 0.855. The van der Waals surface area contributed by atoms with Crippen molar-refractivity contribution in [1.82, 2.24) is 9.36 Å². The molecule has 0 atom stereocenters. The largest absolute Gasteiger partial charge is 0.393 e.